The lowest BCUT2D eigenvalue weighted by Crippen LogP contribution is -2.37. The first-order chi connectivity index (χ1) is 9.15. The predicted octanol–water partition coefficient (Wildman–Crippen LogP) is 4.72. The number of esters is 1. The highest BCUT2D eigenvalue weighted by Crippen LogP contribution is 2.58. The molecule has 0 radical (unpaired) electrons. The normalized spacial score (nSPS) is 33.5. The van der Waals surface area contributed by atoms with Gasteiger partial charge in [0.05, 0.1) is 12.0 Å². The summed E-state index contributed by atoms with van der Waals surface area (Å²) in [6.45, 7) is 14.2. The Hall–Kier alpha value is -0.313. The van der Waals surface area contributed by atoms with Gasteiger partial charge >= 0.3 is 5.97 Å². The first-order valence-electron chi connectivity index (χ1n) is 8.32. The third-order valence-corrected chi connectivity index (χ3v) is 8.82. The van der Waals surface area contributed by atoms with Gasteiger partial charge in [-0.3, -0.25) is 4.79 Å². The van der Waals surface area contributed by atoms with Crippen molar-refractivity contribution in [3.8, 4) is 0 Å². The van der Waals surface area contributed by atoms with Crippen molar-refractivity contribution in [3.05, 3.63) is 0 Å². The molecule has 4 atom stereocenters. The predicted molar refractivity (Wildman–Crippen MR) is 86.4 cm³/mol. The first kappa shape index (κ1) is 16.1. The van der Waals surface area contributed by atoms with Crippen LogP contribution in [0, 0.1) is 23.2 Å². The number of carbonyl (C=O) groups excluding carboxylic acids is 1. The van der Waals surface area contributed by atoms with Crippen molar-refractivity contribution in [2.75, 3.05) is 6.61 Å². The Morgan fingerprint density at radius 1 is 1.20 bits per heavy atom. The van der Waals surface area contributed by atoms with Gasteiger partial charge < -0.3 is 4.74 Å². The molecule has 0 spiro atoms. The Bertz CT molecular complexity index is 370. The lowest BCUT2D eigenvalue weighted by molar-refractivity contribution is -0.156. The van der Waals surface area contributed by atoms with Gasteiger partial charge in [0.1, 0.15) is 0 Å². The standard InChI is InChI=1S/C17H32O2Si/c1-7-17(2,3)16(18)19-11-13-8-12-9-14(13)15(10-12)20(4,5)6/h12-15H,7-11H2,1-6H3. The number of hydrogen-bond acceptors (Lipinski definition) is 2. The summed E-state index contributed by atoms with van der Waals surface area (Å²) < 4.78 is 5.67. The van der Waals surface area contributed by atoms with Crippen LogP contribution >= 0.6 is 0 Å². The summed E-state index contributed by atoms with van der Waals surface area (Å²) in [5.41, 5.74) is 0.625. The fraction of sp³-hybridized carbons (Fsp3) is 0.941. The zero-order valence-corrected chi connectivity index (χ0v) is 15.2. The summed E-state index contributed by atoms with van der Waals surface area (Å²) in [7, 11) is -1.06. The Morgan fingerprint density at radius 3 is 2.35 bits per heavy atom. The summed E-state index contributed by atoms with van der Waals surface area (Å²) in [6, 6.07) is 0. The molecule has 2 fully saturated rings. The fourth-order valence-electron chi connectivity index (χ4n) is 4.21. The molecule has 0 N–H and O–H groups in total. The third-order valence-electron chi connectivity index (χ3n) is 5.93. The zero-order chi connectivity index (χ0) is 15.1. The molecule has 0 aromatic carbocycles. The van der Waals surface area contributed by atoms with Crippen LogP contribution in [0.1, 0.15) is 46.5 Å². The van der Waals surface area contributed by atoms with Gasteiger partial charge in [-0.2, -0.15) is 0 Å². The molecule has 2 bridgehead atoms. The minimum Gasteiger partial charge on any atom is -0.465 e. The number of carbonyl (C=O) groups is 1. The molecule has 0 aliphatic heterocycles. The topological polar surface area (TPSA) is 26.3 Å². The van der Waals surface area contributed by atoms with E-state index in [2.05, 4.69) is 26.6 Å². The number of hydrogen-bond donors (Lipinski definition) is 0. The summed E-state index contributed by atoms with van der Waals surface area (Å²) >= 11 is 0. The first-order valence-corrected chi connectivity index (χ1v) is 11.9. The van der Waals surface area contributed by atoms with Gasteiger partial charge in [0, 0.05) is 8.07 Å². The van der Waals surface area contributed by atoms with Crippen LogP contribution in [0.5, 0.6) is 0 Å². The van der Waals surface area contributed by atoms with E-state index in [1.54, 1.807) is 0 Å². The summed E-state index contributed by atoms with van der Waals surface area (Å²) in [5.74, 6) is 2.39. The van der Waals surface area contributed by atoms with E-state index in [9.17, 15) is 4.79 Å². The van der Waals surface area contributed by atoms with E-state index < -0.39 is 8.07 Å². The van der Waals surface area contributed by atoms with Crippen LogP contribution < -0.4 is 0 Å². The van der Waals surface area contributed by atoms with E-state index in [1.807, 2.05) is 13.8 Å². The van der Waals surface area contributed by atoms with E-state index in [0.29, 0.717) is 12.5 Å². The molecule has 2 aliphatic rings. The molecule has 2 nitrogen and oxygen atoms in total. The lowest BCUT2D eigenvalue weighted by Gasteiger charge is -2.37. The smallest absolute Gasteiger partial charge is 0.311 e. The highest BCUT2D eigenvalue weighted by molar-refractivity contribution is 6.77. The van der Waals surface area contributed by atoms with Crippen LogP contribution in [-0.2, 0) is 9.53 Å². The van der Waals surface area contributed by atoms with Gasteiger partial charge in [-0.1, -0.05) is 26.6 Å². The van der Waals surface area contributed by atoms with E-state index >= 15 is 0 Å². The molecule has 4 unspecified atom stereocenters. The van der Waals surface area contributed by atoms with E-state index in [4.69, 9.17) is 4.74 Å². The summed E-state index contributed by atoms with van der Waals surface area (Å²) in [4.78, 5) is 12.1. The van der Waals surface area contributed by atoms with Crippen LogP contribution in [0.2, 0.25) is 25.2 Å². The van der Waals surface area contributed by atoms with Gasteiger partial charge in [0.15, 0.2) is 0 Å². The van der Waals surface area contributed by atoms with Gasteiger partial charge in [0.25, 0.3) is 0 Å². The molecule has 0 saturated heterocycles. The Kier molecular flexibility index (Phi) is 4.39. The van der Waals surface area contributed by atoms with Gasteiger partial charge in [-0.25, -0.2) is 0 Å². The maximum atomic E-state index is 12.1. The van der Waals surface area contributed by atoms with Crippen molar-refractivity contribution in [2.24, 2.45) is 23.2 Å². The fourth-order valence-corrected chi connectivity index (χ4v) is 6.94. The lowest BCUT2D eigenvalue weighted by atomic mass is 9.88. The van der Waals surface area contributed by atoms with Gasteiger partial charge in [-0.15, -0.1) is 0 Å². The molecular formula is C17H32O2Si. The Labute approximate surface area is 125 Å². The summed E-state index contributed by atoms with van der Waals surface area (Å²) in [6.07, 6.45) is 4.99. The van der Waals surface area contributed by atoms with E-state index in [1.165, 1.54) is 19.3 Å². The summed E-state index contributed by atoms with van der Waals surface area (Å²) in [5, 5.41) is 0. The Morgan fingerprint density at radius 2 is 1.85 bits per heavy atom. The highest BCUT2D eigenvalue weighted by atomic mass is 28.3. The van der Waals surface area contributed by atoms with Crippen molar-refractivity contribution in [1.82, 2.24) is 0 Å². The molecule has 116 valence electrons. The van der Waals surface area contributed by atoms with Crippen molar-refractivity contribution in [3.63, 3.8) is 0 Å². The molecule has 2 aliphatic carbocycles. The molecule has 2 rings (SSSR count). The second-order valence-electron chi connectivity index (χ2n) is 8.81. The van der Waals surface area contributed by atoms with Crippen LogP contribution in [-0.4, -0.2) is 20.7 Å². The van der Waals surface area contributed by atoms with Crippen molar-refractivity contribution < 1.29 is 9.53 Å². The SMILES string of the molecule is CCC(C)(C)C(=O)OCC1CC2CC1C([Si](C)(C)C)C2. The van der Waals surface area contributed by atoms with Crippen molar-refractivity contribution in [2.45, 2.75) is 71.6 Å². The molecule has 2 saturated carbocycles. The van der Waals surface area contributed by atoms with Gasteiger partial charge in [-0.05, 0) is 62.8 Å². The second kappa shape index (κ2) is 5.47. The highest BCUT2D eigenvalue weighted by Gasteiger charge is 2.50. The average molecular weight is 297 g/mol. The maximum absolute atomic E-state index is 12.1. The number of fused-ring (bicyclic) bond motifs is 2. The van der Waals surface area contributed by atoms with Crippen LogP contribution in [0.4, 0.5) is 0 Å². The van der Waals surface area contributed by atoms with Crippen LogP contribution in [0.3, 0.4) is 0 Å². The molecule has 3 heteroatoms. The zero-order valence-electron chi connectivity index (χ0n) is 14.2. The van der Waals surface area contributed by atoms with Crippen molar-refractivity contribution in [1.29, 1.82) is 0 Å². The van der Waals surface area contributed by atoms with Crippen LogP contribution in [0.15, 0.2) is 0 Å². The van der Waals surface area contributed by atoms with E-state index in [-0.39, 0.29) is 11.4 Å². The van der Waals surface area contributed by atoms with Crippen LogP contribution in [0.25, 0.3) is 0 Å². The quantitative estimate of drug-likeness (QED) is 0.542. The molecule has 20 heavy (non-hydrogen) atoms. The average Bonchev–Trinajstić information content (AvgIpc) is 2.94. The molecular weight excluding hydrogens is 264 g/mol. The minimum atomic E-state index is -1.06. The molecule has 0 amide bonds. The minimum absolute atomic E-state index is 0.00710. The molecule has 0 heterocycles. The van der Waals surface area contributed by atoms with E-state index in [0.717, 1.165) is 23.8 Å². The molecule has 0 aromatic heterocycles. The van der Waals surface area contributed by atoms with Crippen molar-refractivity contribution >= 4 is 14.0 Å². The monoisotopic (exact) mass is 296 g/mol. The number of rotatable bonds is 5. The second-order valence-corrected chi connectivity index (χ2v) is 14.3. The third kappa shape index (κ3) is 3.13. The van der Waals surface area contributed by atoms with Gasteiger partial charge in [0.2, 0.25) is 0 Å². The number of ether oxygens (including phenoxy) is 1. The maximum Gasteiger partial charge on any atom is 0.311 e. The molecule has 0 aromatic rings. The largest absolute Gasteiger partial charge is 0.465 e. The Balaban J connectivity index is 1.91.